The predicted octanol–water partition coefficient (Wildman–Crippen LogP) is 1.48. The number of piperazine rings is 1. The Balaban J connectivity index is 1.37. The summed E-state index contributed by atoms with van der Waals surface area (Å²) in [6.45, 7) is 4.58. The van der Waals surface area contributed by atoms with E-state index in [0.717, 1.165) is 68.3 Å². The molecule has 2 aromatic rings. The third kappa shape index (κ3) is 4.71. The predicted molar refractivity (Wildman–Crippen MR) is 119 cm³/mol. The van der Waals surface area contributed by atoms with E-state index in [2.05, 4.69) is 11.0 Å². The highest BCUT2D eigenvalue weighted by molar-refractivity contribution is 5.77. The van der Waals surface area contributed by atoms with Gasteiger partial charge in [-0.15, -0.1) is 0 Å². The highest BCUT2D eigenvalue weighted by atomic mass is 16.5. The minimum absolute atomic E-state index is 0.222. The van der Waals surface area contributed by atoms with Crippen LogP contribution >= 0.6 is 0 Å². The molecular weight excluding hydrogens is 394 g/mol. The second kappa shape index (κ2) is 9.47. The van der Waals surface area contributed by atoms with E-state index >= 15 is 0 Å². The SMILES string of the molecule is COc1ccc([C@@H]2CCC[NH+]2CC(=O)N2CCN(c3ccc(O)cc3)CC2)c(OC)c1. The van der Waals surface area contributed by atoms with Crippen molar-refractivity contribution in [3.63, 3.8) is 0 Å². The molecule has 0 radical (unpaired) electrons. The molecule has 2 N–H and O–H groups in total. The topological polar surface area (TPSA) is 66.7 Å². The van der Waals surface area contributed by atoms with Gasteiger partial charge in [0.05, 0.1) is 26.3 Å². The van der Waals surface area contributed by atoms with Gasteiger partial charge in [0.25, 0.3) is 5.91 Å². The summed E-state index contributed by atoms with van der Waals surface area (Å²) in [6, 6.07) is 13.5. The maximum absolute atomic E-state index is 13.1. The number of ether oxygens (including phenoxy) is 2. The van der Waals surface area contributed by atoms with Gasteiger partial charge >= 0.3 is 0 Å². The number of carbonyl (C=O) groups is 1. The average molecular weight is 427 g/mol. The van der Waals surface area contributed by atoms with E-state index in [-0.39, 0.29) is 17.7 Å². The Labute approximate surface area is 183 Å². The van der Waals surface area contributed by atoms with Gasteiger partial charge in [-0.3, -0.25) is 4.79 Å². The summed E-state index contributed by atoms with van der Waals surface area (Å²) in [5.74, 6) is 2.11. The summed E-state index contributed by atoms with van der Waals surface area (Å²) in [6.07, 6.45) is 2.16. The summed E-state index contributed by atoms with van der Waals surface area (Å²) in [7, 11) is 3.34. The van der Waals surface area contributed by atoms with Crippen molar-refractivity contribution in [2.45, 2.75) is 18.9 Å². The fourth-order valence-corrected chi connectivity index (χ4v) is 4.79. The first-order valence-electron chi connectivity index (χ1n) is 11.0. The zero-order valence-corrected chi connectivity index (χ0v) is 18.3. The van der Waals surface area contributed by atoms with Crippen LogP contribution in [0.15, 0.2) is 42.5 Å². The number of likely N-dealkylation sites (tertiary alicyclic amines) is 1. The lowest BCUT2D eigenvalue weighted by molar-refractivity contribution is -0.910. The molecule has 166 valence electrons. The molecule has 31 heavy (non-hydrogen) atoms. The van der Waals surface area contributed by atoms with E-state index in [1.807, 2.05) is 29.2 Å². The summed E-state index contributed by atoms with van der Waals surface area (Å²) in [4.78, 5) is 18.6. The van der Waals surface area contributed by atoms with E-state index in [4.69, 9.17) is 9.47 Å². The largest absolute Gasteiger partial charge is 0.508 e. The van der Waals surface area contributed by atoms with Crippen LogP contribution in [0.2, 0.25) is 0 Å². The Morgan fingerprint density at radius 1 is 1.06 bits per heavy atom. The molecule has 2 aliphatic rings. The first-order chi connectivity index (χ1) is 15.1. The normalized spacial score (nSPS) is 21.2. The molecular formula is C24H32N3O4+. The minimum Gasteiger partial charge on any atom is -0.508 e. The monoisotopic (exact) mass is 426 g/mol. The smallest absolute Gasteiger partial charge is 0.277 e. The number of hydrogen-bond donors (Lipinski definition) is 2. The van der Waals surface area contributed by atoms with E-state index in [0.29, 0.717) is 6.54 Å². The zero-order valence-electron chi connectivity index (χ0n) is 18.3. The van der Waals surface area contributed by atoms with Crippen LogP contribution in [0, 0.1) is 0 Å². The molecule has 0 aromatic heterocycles. The number of rotatable bonds is 6. The highest BCUT2D eigenvalue weighted by Crippen LogP contribution is 2.31. The van der Waals surface area contributed by atoms with E-state index in [1.54, 1.807) is 26.4 Å². The van der Waals surface area contributed by atoms with Crippen molar-refractivity contribution in [1.82, 2.24) is 4.90 Å². The molecule has 2 aromatic carbocycles. The van der Waals surface area contributed by atoms with Crippen molar-refractivity contribution in [2.75, 3.05) is 58.4 Å². The van der Waals surface area contributed by atoms with Crippen LogP contribution in [-0.4, -0.2) is 69.4 Å². The van der Waals surface area contributed by atoms with Crippen molar-refractivity contribution in [2.24, 2.45) is 0 Å². The van der Waals surface area contributed by atoms with Gasteiger partial charge in [0.1, 0.15) is 23.3 Å². The van der Waals surface area contributed by atoms with Gasteiger partial charge in [0.15, 0.2) is 6.54 Å². The van der Waals surface area contributed by atoms with Crippen molar-refractivity contribution >= 4 is 11.6 Å². The Morgan fingerprint density at radius 3 is 2.48 bits per heavy atom. The quantitative estimate of drug-likeness (QED) is 0.733. The second-order valence-corrected chi connectivity index (χ2v) is 8.27. The molecule has 2 fully saturated rings. The summed E-state index contributed by atoms with van der Waals surface area (Å²) in [5, 5.41) is 9.48. The Bertz CT molecular complexity index is 894. The Morgan fingerprint density at radius 2 is 1.81 bits per heavy atom. The molecule has 7 nitrogen and oxygen atoms in total. The van der Waals surface area contributed by atoms with Gasteiger partial charge < -0.3 is 29.3 Å². The van der Waals surface area contributed by atoms with E-state index in [9.17, 15) is 9.90 Å². The van der Waals surface area contributed by atoms with Gasteiger partial charge in [-0.05, 0) is 36.4 Å². The second-order valence-electron chi connectivity index (χ2n) is 8.27. The molecule has 2 saturated heterocycles. The van der Waals surface area contributed by atoms with Crippen LogP contribution in [-0.2, 0) is 4.79 Å². The van der Waals surface area contributed by atoms with Crippen LogP contribution in [0.25, 0.3) is 0 Å². The van der Waals surface area contributed by atoms with Crippen LogP contribution in [0.3, 0.4) is 0 Å². The number of anilines is 1. The third-order valence-electron chi connectivity index (χ3n) is 6.53. The molecule has 0 spiro atoms. The number of nitrogens with zero attached hydrogens (tertiary/aromatic N) is 2. The summed E-state index contributed by atoms with van der Waals surface area (Å²) in [5.41, 5.74) is 2.24. The number of phenolic OH excluding ortho intramolecular Hbond substituents is 1. The number of aromatic hydroxyl groups is 1. The average Bonchev–Trinajstić information content (AvgIpc) is 3.27. The number of carbonyl (C=O) groups excluding carboxylic acids is 1. The van der Waals surface area contributed by atoms with Gasteiger partial charge in [-0.25, -0.2) is 0 Å². The Kier molecular flexibility index (Phi) is 6.51. The molecule has 1 amide bonds. The standard InChI is InChI=1S/C24H31N3O4/c1-30-20-9-10-21(23(16-20)31-2)22-4-3-11-27(22)17-24(29)26-14-12-25(13-15-26)18-5-7-19(28)8-6-18/h5-10,16,22,28H,3-4,11-15,17H2,1-2H3/p+1/t22-/m0/s1. The molecule has 2 aliphatic heterocycles. The Hall–Kier alpha value is -2.93. The first kappa shape index (κ1) is 21.3. The van der Waals surface area contributed by atoms with Crippen molar-refractivity contribution in [3.05, 3.63) is 48.0 Å². The molecule has 4 rings (SSSR count). The number of methoxy groups -OCH3 is 2. The molecule has 7 heteroatoms. The molecule has 1 unspecified atom stereocenters. The van der Waals surface area contributed by atoms with Crippen LogP contribution in [0.5, 0.6) is 17.2 Å². The number of benzene rings is 2. The zero-order chi connectivity index (χ0) is 21.8. The molecule has 0 aliphatic carbocycles. The van der Waals surface area contributed by atoms with Gasteiger partial charge in [-0.1, -0.05) is 0 Å². The number of quaternary nitrogens is 1. The first-order valence-corrected chi connectivity index (χ1v) is 11.0. The van der Waals surface area contributed by atoms with Crippen molar-refractivity contribution in [1.29, 1.82) is 0 Å². The highest BCUT2D eigenvalue weighted by Gasteiger charge is 2.35. The lowest BCUT2D eigenvalue weighted by Gasteiger charge is -2.36. The van der Waals surface area contributed by atoms with E-state index in [1.165, 1.54) is 4.90 Å². The molecule has 0 bridgehead atoms. The third-order valence-corrected chi connectivity index (χ3v) is 6.53. The fourth-order valence-electron chi connectivity index (χ4n) is 4.79. The van der Waals surface area contributed by atoms with Crippen LogP contribution < -0.4 is 19.3 Å². The molecule has 2 heterocycles. The van der Waals surface area contributed by atoms with Crippen molar-refractivity contribution in [3.8, 4) is 17.2 Å². The van der Waals surface area contributed by atoms with Gasteiger partial charge in [-0.2, -0.15) is 0 Å². The maximum Gasteiger partial charge on any atom is 0.277 e. The van der Waals surface area contributed by atoms with Gasteiger partial charge in [0, 0.05) is 50.8 Å². The number of hydrogen-bond acceptors (Lipinski definition) is 5. The molecule has 2 atom stereocenters. The molecule has 0 saturated carbocycles. The van der Waals surface area contributed by atoms with E-state index < -0.39 is 0 Å². The van der Waals surface area contributed by atoms with Crippen LogP contribution in [0.1, 0.15) is 24.4 Å². The lowest BCUT2D eigenvalue weighted by Crippen LogP contribution is -3.11. The van der Waals surface area contributed by atoms with Crippen LogP contribution in [0.4, 0.5) is 5.69 Å². The summed E-state index contributed by atoms with van der Waals surface area (Å²) < 4.78 is 10.9. The lowest BCUT2D eigenvalue weighted by atomic mass is 10.0. The maximum atomic E-state index is 13.1. The number of phenols is 1. The fraction of sp³-hybridized carbons (Fsp3) is 0.458. The summed E-state index contributed by atoms with van der Waals surface area (Å²) >= 11 is 0. The van der Waals surface area contributed by atoms with Gasteiger partial charge in [0.2, 0.25) is 0 Å². The number of amides is 1. The number of nitrogens with one attached hydrogen (secondary N) is 1. The van der Waals surface area contributed by atoms with Crippen molar-refractivity contribution < 1.29 is 24.3 Å². The minimum atomic E-state index is 0.222.